The number of hydrogen-bond acceptors (Lipinski definition) is 3. The number of anilines is 1. The van der Waals surface area contributed by atoms with E-state index in [1.807, 2.05) is 60.7 Å². The van der Waals surface area contributed by atoms with Gasteiger partial charge >= 0.3 is 0 Å². The average molecular weight is 398 g/mol. The molecule has 4 rings (SSSR count). The number of fused-ring (bicyclic) bond motifs is 1. The van der Waals surface area contributed by atoms with Crippen LogP contribution >= 0.6 is 0 Å². The first-order valence-electron chi connectivity index (χ1n) is 9.84. The van der Waals surface area contributed by atoms with Crippen molar-refractivity contribution in [1.29, 1.82) is 0 Å². The fourth-order valence-corrected chi connectivity index (χ4v) is 4.05. The molecule has 0 fully saturated rings. The van der Waals surface area contributed by atoms with Gasteiger partial charge in [-0.25, -0.2) is 0 Å². The zero-order valence-electron chi connectivity index (χ0n) is 16.7. The maximum atomic E-state index is 13.8. The fraction of sp³-hybridized carbons (Fsp3) is 0.160. The molecule has 3 aromatic rings. The largest absolute Gasteiger partial charge is 0.338 e. The summed E-state index contributed by atoms with van der Waals surface area (Å²) in [5.74, 6) is -0.860. The first-order chi connectivity index (χ1) is 14.5. The van der Waals surface area contributed by atoms with E-state index in [4.69, 9.17) is 0 Å². The lowest BCUT2D eigenvalue weighted by Crippen LogP contribution is -2.53. The molecule has 0 aliphatic carbocycles. The van der Waals surface area contributed by atoms with Crippen molar-refractivity contribution in [2.75, 3.05) is 4.90 Å². The number of nitrogens with one attached hydrogen (secondary N) is 1. The molecule has 0 saturated heterocycles. The molecule has 1 atom stereocenters. The van der Waals surface area contributed by atoms with Crippen molar-refractivity contribution in [2.24, 2.45) is 0 Å². The van der Waals surface area contributed by atoms with E-state index >= 15 is 0 Å². The molecule has 0 bridgehead atoms. The third kappa shape index (κ3) is 3.50. The van der Waals surface area contributed by atoms with E-state index in [9.17, 15) is 14.4 Å². The smallest absolute Gasteiger partial charge is 0.258 e. The number of Topliss-reactive ketones (excluding diaryl/α,β-unsaturated/α-hetero) is 1. The Bertz CT molecular complexity index is 1100. The summed E-state index contributed by atoms with van der Waals surface area (Å²) in [5, 5.41) is 2.83. The SMILES string of the molecule is CC(=O)NC1(CC(=O)c2ccccc2)C(=O)N(Cc2ccccc2)c2ccccc21. The summed E-state index contributed by atoms with van der Waals surface area (Å²) in [6, 6.07) is 25.8. The van der Waals surface area contributed by atoms with Gasteiger partial charge in [-0.3, -0.25) is 14.4 Å². The number of para-hydroxylation sites is 1. The number of nitrogens with zero attached hydrogens (tertiary/aromatic N) is 1. The third-order valence-corrected chi connectivity index (χ3v) is 5.36. The van der Waals surface area contributed by atoms with Crippen molar-refractivity contribution < 1.29 is 14.4 Å². The summed E-state index contributed by atoms with van der Waals surface area (Å²) in [7, 11) is 0. The van der Waals surface area contributed by atoms with Gasteiger partial charge in [0.15, 0.2) is 11.3 Å². The Kier molecular flexibility index (Phi) is 5.19. The van der Waals surface area contributed by atoms with Gasteiger partial charge in [-0.2, -0.15) is 0 Å². The highest BCUT2D eigenvalue weighted by molar-refractivity contribution is 6.12. The molecule has 1 unspecified atom stereocenters. The normalized spacial score (nSPS) is 17.5. The van der Waals surface area contributed by atoms with Crippen LogP contribution in [0.15, 0.2) is 84.9 Å². The van der Waals surface area contributed by atoms with E-state index in [-0.39, 0.29) is 24.0 Å². The van der Waals surface area contributed by atoms with Gasteiger partial charge in [-0.15, -0.1) is 0 Å². The lowest BCUT2D eigenvalue weighted by atomic mass is 9.84. The maximum Gasteiger partial charge on any atom is 0.258 e. The van der Waals surface area contributed by atoms with Gasteiger partial charge in [0.05, 0.1) is 12.2 Å². The van der Waals surface area contributed by atoms with Crippen LogP contribution in [0.25, 0.3) is 0 Å². The van der Waals surface area contributed by atoms with Gasteiger partial charge in [0.25, 0.3) is 5.91 Å². The second-order valence-electron chi connectivity index (χ2n) is 7.45. The highest BCUT2D eigenvalue weighted by atomic mass is 16.2. The van der Waals surface area contributed by atoms with Crippen molar-refractivity contribution in [3.8, 4) is 0 Å². The second kappa shape index (κ2) is 7.95. The average Bonchev–Trinajstić information content (AvgIpc) is 2.97. The second-order valence-corrected chi connectivity index (χ2v) is 7.45. The lowest BCUT2D eigenvalue weighted by molar-refractivity contribution is -0.130. The molecule has 1 heterocycles. The molecule has 1 aliphatic rings. The number of rotatable bonds is 6. The molecule has 1 aliphatic heterocycles. The Morgan fingerprint density at radius 2 is 1.47 bits per heavy atom. The highest BCUT2D eigenvalue weighted by Gasteiger charge is 2.52. The van der Waals surface area contributed by atoms with Crippen molar-refractivity contribution in [3.63, 3.8) is 0 Å². The van der Waals surface area contributed by atoms with Crippen LogP contribution in [0.1, 0.15) is 34.8 Å². The van der Waals surface area contributed by atoms with E-state index < -0.39 is 5.54 Å². The number of carbonyl (C=O) groups is 3. The zero-order valence-corrected chi connectivity index (χ0v) is 16.7. The first kappa shape index (κ1) is 19.6. The fourth-order valence-electron chi connectivity index (χ4n) is 4.05. The first-order valence-corrected chi connectivity index (χ1v) is 9.84. The van der Waals surface area contributed by atoms with Crippen LogP contribution in [-0.2, 0) is 21.7 Å². The predicted molar refractivity (Wildman–Crippen MR) is 115 cm³/mol. The van der Waals surface area contributed by atoms with E-state index in [0.29, 0.717) is 23.4 Å². The van der Waals surface area contributed by atoms with Gasteiger partial charge in [0, 0.05) is 24.5 Å². The molecule has 0 saturated carbocycles. The summed E-state index contributed by atoms with van der Waals surface area (Å²) < 4.78 is 0. The van der Waals surface area contributed by atoms with Crippen molar-refractivity contribution in [3.05, 3.63) is 102 Å². The molecule has 0 radical (unpaired) electrons. The van der Waals surface area contributed by atoms with Crippen LogP contribution in [0.3, 0.4) is 0 Å². The van der Waals surface area contributed by atoms with Gasteiger partial charge in [-0.1, -0.05) is 78.9 Å². The zero-order chi connectivity index (χ0) is 21.1. The van der Waals surface area contributed by atoms with Crippen molar-refractivity contribution in [2.45, 2.75) is 25.4 Å². The summed E-state index contributed by atoms with van der Waals surface area (Å²) in [6.45, 7) is 1.72. The van der Waals surface area contributed by atoms with E-state index in [1.165, 1.54) is 6.92 Å². The van der Waals surface area contributed by atoms with Crippen LogP contribution < -0.4 is 10.2 Å². The monoisotopic (exact) mass is 398 g/mol. The molecule has 3 aromatic carbocycles. The Morgan fingerprint density at radius 3 is 2.13 bits per heavy atom. The van der Waals surface area contributed by atoms with Gasteiger partial charge in [0.2, 0.25) is 5.91 Å². The van der Waals surface area contributed by atoms with E-state index in [1.54, 1.807) is 29.2 Å². The minimum atomic E-state index is -1.43. The molecule has 1 N–H and O–H groups in total. The number of amides is 2. The molecule has 2 amide bonds. The Morgan fingerprint density at radius 1 is 0.867 bits per heavy atom. The standard InChI is InChI=1S/C25H22N2O3/c1-18(28)26-25(16-23(29)20-12-6-3-7-13-20)21-14-8-9-15-22(21)27(24(25)30)17-19-10-4-2-5-11-19/h2-15H,16-17H2,1H3,(H,26,28). The Balaban J connectivity index is 1.78. The molecule has 5 nitrogen and oxygen atoms in total. The van der Waals surface area contributed by atoms with Crippen LogP contribution in [0.5, 0.6) is 0 Å². The van der Waals surface area contributed by atoms with Crippen LogP contribution in [0.4, 0.5) is 5.69 Å². The molecule has 0 aromatic heterocycles. The predicted octanol–water partition coefficient (Wildman–Crippen LogP) is 3.84. The Hall–Kier alpha value is -3.73. The minimum Gasteiger partial charge on any atom is -0.338 e. The third-order valence-electron chi connectivity index (χ3n) is 5.36. The molecule has 5 heteroatoms. The molecule has 0 spiro atoms. The van der Waals surface area contributed by atoms with E-state index in [0.717, 1.165) is 5.56 Å². The quantitative estimate of drug-likeness (QED) is 0.642. The van der Waals surface area contributed by atoms with Crippen molar-refractivity contribution in [1.82, 2.24) is 5.32 Å². The summed E-state index contributed by atoms with van der Waals surface area (Å²) in [4.78, 5) is 40.6. The summed E-state index contributed by atoms with van der Waals surface area (Å²) in [5.41, 5.74) is 1.40. The topological polar surface area (TPSA) is 66.5 Å². The van der Waals surface area contributed by atoms with Crippen LogP contribution in [-0.4, -0.2) is 17.6 Å². The summed E-state index contributed by atoms with van der Waals surface area (Å²) in [6.07, 6.45) is -0.141. The highest BCUT2D eigenvalue weighted by Crippen LogP contribution is 2.43. The number of benzene rings is 3. The van der Waals surface area contributed by atoms with E-state index in [2.05, 4.69) is 5.32 Å². The molecule has 150 valence electrons. The summed E-state index contributed by atoms with van der Waals surface area (Å²) >= 11 is 0. The van der Waals surface area contributed by atoms with Gasteiger partial charge in [0.1, 0.15) is 0 Å². The lowest BCUT2D eigenvalue weighted by Gasteiger charge is -2.29. The van der Waals surface area contributed by atoms with Gasteiger partial charge in [-0.05, 0) is 11.6 Å². The number of ketones is 1. The Labute approximate surface area is 175 Å². The molecule has 30 heavy (non-hydrogen) atoms. The number of hydrogen-bond donors (Lipinski definition) is 1. The molecular weight excluding hydrogens is 376 g/mol. The van der Waals surface area contributed by atoms with Crippen LogP contribution in [0.2, 0.25) is 0 Å². The van der Waals surface area contributed by atoms with Gasteiger partial charge < -0.3 is 10.2 Å². The number of carbonyl (C=O) groups excluding carboxylic acids is 3. The molecular formula is C25H22N2O3. The van der Waals surface area contributed by atoms with Crippen LogP contribution in [0, 0.1) is 0 Å². The minimum absolute atomic E-state index is 0.141. The van der Waals surface area contributed by atoms with Crippen molar-refractivity contribution >= 4 is 23.3 Å². The maximum absolute atomic E-state index is 13.8.